The number of allylic oxidation sites excluding steroid dienone is 2. The third-order valence-electron chi connectivity index (χ3n) is 1.61. The van der Waals surface area contributed by atoms with E-state index in [1.807, 2.05) is 37.3 Å². The Morgan fingerprint density at radius 1 is 1.36 bits per heavy atom. The summed E-state index contributed by atoms with van der Waals surface area (Å²) in [5.74, 6) is 0. The standard InChI is InChI=1S/C10H11F/c1-9(7-8-11)10-5-3-2-4-6-10/h2-7H,8H2,1H3. The van der Waals surface area contributed by atoms with Crippen LogP contribution in [0.25, 0.3) is 5.57 Å². The molecule has 58 valence electrons. The van der Waals surface area contributed by atoms with Gasteiger partial charge in [0.25, 0.3) is 0 Å². The minimum absolute atomic E-state index is 0.388. The lowest BCUT2D eigenvalue weighted by atomic mass is 10.1. The molecule has 0 nitrogen and oxygen atoms in total. The summed E-state index contributed by atoms with van der Waals surface area (Å²) in [5.41, 5.74) is 2.08. The summed E-state index contributed by atoms with van der Waals surface area (Å²) < 4.78 is 11.9. The van der Waals surface area contributed by atoms with Crippen molar-refractivity contribution in [2.45, 2.75) is 6.92 Å². The van der Waals surface area contributed by atoms with Gasteiger partial charge in [-0.05, 0) is 18.1 Å². The summed E-state index contributed by atoms with van der Waals surface area (Å²) in [6.45, 7) is 1.52. The fourth-order valence-corrected chi connectivity index (χ4v) is 0.935. The average molecular weight is 150 g/mol. The van der Waals surface area contributed by atoms with Crippen LogP contribution in [0, 0.1) is 0 Å². The Labute approximate surface area is 66.4 Å². The van der Waals surface area contributed by atoms with Crippen LogP contribution in [0.1, 0.15) is 12.5 Å². The second-order valence-corrected chi connectivity index (χ2v) is 2.41. The number of rotatable bonds is 2. The highest BCUT2D eigenvalue weighted by Gasteiger charge is 1.90. The summed E-state index contributed by atoms with van der Waals surface area (Å²) in [7, 11) is 0. The number of hydrogen-bond acceptors (Lipinski definition) is 0. The maximum absolute atomic E-state index is 11.9. The molecule has 0 amide bonds. The molecule has 1 aromatic carbocycles. The number of hydrogen-bond donors (Lipinski definition) is 0. The van der Waals surface area contributed by atoms with E-state index in [9.17, 15) is 4.39 Å². The molecular formula is C10H11F. The van der Waals surface area contributed by atoms with Crippen molar-refractivity contribution in [1.29, 1.82) is 0 Å². The SMILES string of the molecule is CC(=CCF)c1ccccc1. The Kier molecular flexibility index (Phi) is 2.84. The molecule has 0 aromatic heterocycles. The number of alkyl halides is 1. The zero-order valence-electron chi connectivity index (χ0n) is 6.55. The number of benzene rings is 1. The van der Waals surface area contributed by atoms with Crippen molar-refractivity contribution in [2.75, 3.05) is 6.67 Å². The van der Waals surface area contributed by atoms with Gasteiger partial charge in [-0.15, -0.1) is 0 Å². The quantitative estimate of drug-likeness (QED) is 0.607. The van der Waals surface area contributed by atoms with Gasteiger partial charge in [0.05, 0.1) is 0 Å². The first-order valence-corrected chi connectivity index (χ1v) is 3.62. The Morgan fingerprint density at radius 2 is 2.00 bits per heavy atom. The maximum atomic E-state index is 11.9. The van der Waals surface area contributed by atoms with E-state index in [0.717, 1.165) is 11.1 Å². The Hall–Kier alpha value is -1.11. The summed E-state index contributed by atoms with van der Waals surface area (Å²) in [4.78, 5) is 0. The molecule has 0 spiro atoms. The van der Waals surface area contributed by atoms with E-state index < -0.39 is 0 Å². The predicted octanol–water partition coefficient (Wildman–Crippen LogP) is 3.06. The van der Waals surface area contributed by atoms with Gasteiger partial charge < -0.3 is 0 Å². The topological polar surface area (TPSA) is 0 Å². The molecule has 0 N–H and O–H groups in total. The molecule has 0 atom stereocenters. The van der Waals surface area contributed by atoms with Crippen LogP contribution < -0.4 is 0 Å². The van der Waals surface area contributed by atoms with Gasteiger partial charge in [0, 0.05) is 0 Å². The van der Waals surface area contributed by atoms with Gasteiger partial charge in [-0.3, -0.25) is 0 Å². The van der Waals surface area contributed by atoms with Crippen LogP contribution in [-0.4, -0.2) is 6.67 Å². The molecular weight excluding hydrogens is 139 g/mol. The molecule has 11 heavy (non-hydrogen) atoms. The summed E-state index contributed by atoms with van der Waals surface area (Å²) in [6, 6.07) is 9.80. The third kappa shape index (κ3) is 2.19. The smallest absolute Gasteiger partial charge is 0.108 e. The summed E-state index contributed by atoms with van der Waals surface area (Å²) >= 11 is 0. The Morgan fingerprint density at radius 3 is 2.55 bits per heavy atom. The maximum Gasteiger partial charge on any atom is 0.108 e. The van der Waals surface area contributed by atoms with Gasteiger partial charge in [-0.1, -0.05) is 36.4 Å². The molecule has 1 rings (SSSR count). The zero-order chi connectivity index (χ0) is 8.10. The third-order valence-corrected chi connectivity index (χ3v) is 1.61. The van der Waals surface area contributed by atoms with Crippen molar-refractivity contribution < 1.29 is 4.39 Å². The second-order valence-electron chi connectivity index (χ2n) is 2.41. The minimum Gasteiger partial charge on any atom is -0.247 e. The van der Waals surface area contributed by atoms with Crippen molar-refractivity contribution in [3.63, 3.8) is 0 Å². The van der Waals surface area contributed by atoms with E-state index >= 15 is 0 Å². The average Bonchev–Trinajstić information content (AvgIpc) is 2.07. The molecule has 0 aliphatic rings. The Balaban J connectivity index is 2.85. The highest BCUT2D eigenvalue weighted by molar-refractivity contribution is 5.63. The van der Waals surface area contributed by atoms with E-state index in [-0.39, 0.29) is 6.67 Å². The van der Waals surface area contributed by atoms with Crippen molar-refractivity contribution in [2.24, 2.45) is 0 Å². The summed E-state index contributed by atoms with van der Waals surface area (Å²) in [5, 5.41) is 0. The van der Waals surface area contributed by atoms with Crippen molar-refractivity contribution >= 4 is 5.57 Å². The van der Waals surface area contributed by atoms with Crippen LogP contribution in [0.2, 0.25) is 0 Å². The monoisotopic (exact) mass is 150 g/mol. The zero-order valence-corrected chi connectivity index (χ0v) is 6.55. The highest BCUT2D eigenvalue weighted by atomic mass is 19.1. The first-order valence-electron chi connectivity index (χ1n) is 3.62. The molecule has 0 fully saturated rings. The number of halogens is 1. The second kappa shape index (κ2) is 3.91. The van der Waals surface area contributed by atoms with Gasteiger partial charge in [0.15, 0.2) is 0 Å². The first-order chi connectivity index (χ1) is 5.34. The molecule has 1 aromatic rings. The van der Waals surface area contributed by atoms with E-state index in [1.54, 1.807) is 6.08 Å². The molecule has 0 saturated heterocycles. The van der Waals surface area contributed by atoms with Crippen LogP contribution in [-0.2, 0) is 0 Å². The minimum atomic E-state index is -0.388. The molecule has 0 aliphatic carbocycles. The van der Waals surface area contributed by atoms with Gasteiger partial charge in [-0.25, -0.2) is 4.39 Å². The molecule has 0 aliphatic heterocycles. The molecule has 0 radical (unpaired) electrons. The lowest BCUT2D eigenvalue weighted by Crippen LogP contribution is -1.78. The normalized spacial score (nSPS) is 11.6. The van der Waals surface area contributed by atoms with E-state index in [0.29, 0.717) is 0 Å². The van der Waals surface area contributed by atoms with Gasteiger partial charge in [-0.2, -0.15) is 0 Å². The lowest BCUT2D eigenvalue weighted by Gasteiger charge is -1.97. The Bertz CT molecular complexity index is 236. The summed E-state index contributed by atoms with van der Waals surface area (Å²) in [6.07, 6.45) is 1.58. The fraction of sp³-hybridized carbons (Fsp3) is 0.200. The largest absolute Gasteiger partial charge is 0.247 e. The van der Waals surface area contributed by atoms with Gasteiger partial charge >= 0.3 is 0 Å². The first kappa shape index (κ1) is 7.99. The van der Waals surface area contributed by atoms with E-state index in [1.165, 1.54) is 0 Å². The van der Waals surface area contributed by atoms with Crippen molar-refractivity contribution in [3.8, 4) is 0 Å². The van der Waals surface area contributed by atoms with E-state index in [4.69, 9.17) is 0 Å². The van der Waals surface area contributed by atoms with Crippen LogP contribution in [0.5, 0.6) is 0 Å². The van der Waals surface area contributed by atoms with Crippen LogP contribution in [0.4, 0.5) is 4.39 Å². The van der Waals surface area contributed by atoms with Crippen molar-refractivity contribution in [1.82, 2.24) is 0 Å². The molecule has 0 saturated carbocycles. The van der Waals surface area contributed by atoms with E-state index in [2.05, 4.69) is 0 Å². The van der Waals surface area contributed by atoms with Crippen LogP contribution in [0.3, 0.4) is 0 Å². The van der Waals surface area contributed by atoms with Crippen LogP contribution in [0.15, 0.2) is 36.4 Å². The fourth-order valence-electron chi connectivity index (χ4n) is 0.935. The molecule has 1 heteroatoms. The molecule has 0 unspecified atom stereocenters. The van der Waals surface area contributed by atoms with Gasteiger partial charge in [0.2, 0.25) is 0 Å². The van der Waals surface area contributed by atoms with Crippen molar-refractivity contribution in [3.05, 3.63) is 42.0 Å². The van der Waals surface area contributed by atoms with Gasteiger partial charge in [0.1, 0.15) is 6.67 Å². The van der Waals surface area contributed by atoms with Crippen LogP contribution >= 0.6 is 0 Å². The lowest BCUT2D eigenvalue weighted by molar-refractivity contribution is 0.562. The highest BCUT2D eigenvalue weighted by Crippen LogP contribution is 2.11. The molecule has 0 heterocycles. The predicted molar refractivity (Wildman–Crippen MR) is 46.1 cm³/mol. The molecule has 0 bridgehead atoms.